The molecule has 1 aliphatic heterocycles. The minimum atomic E-state index is 0.730. The molecule has 0 spiro atoms. The highest BCUT2D eigenvalue weighted by atomic mass is 16.5. The van der Waals surface area contributed by atoms with Crippen molar-refractivity contribution in [3.05, 3.63) is 41.0 Å². The van der Waals surface area contributed by atoms with Crippen molar-refractivity contribution in [3.8, 4) is 5.75 Å². The van der Waals surface area contributed by atoms with Crippen LogP contribution in [0.4, 0.5) is 0 Å². The number of benzene rings is 1. The molecule has 0 fully saturated rings. The third-order valence-electron chi connectivity index (χ3n) is 2.97. The van der Waals surface area contributed by atoms with E-state index in [4.69, 9.17) is 4.74 Å². The van der Waals surface area contributed by atoms with Crippen molar-refractivity contribution in [2.75, 3.05) is 19.7 Å². The molecule has 1 aromatic rings. The van der Waals surface area contributed by atoms with Gasteiger partial charge >= 0.3 is 0 Å². The van der Waals surface area contributed by atoms with Crippen LogP contribution in [0.15, 0.2) is 29.8 Å². The zero-order valence-electron chi connectivity index (χ0n) is 10.0. The molecule has 0 unspecified atom stereocenters. The zero-order chi connectivity index (χ0) is 11.4. The predicted molar refractivity (Wildman–Crippen MR) is 67.0 cm³/mol. The van der Waals surface area contributed by atoms with Crippen LogP contribution in [0.25, 0.3) is 0 Å². The summed E-state index contributed by atoms with van der Waals surface area (Å²) in [4.78, 5) is 0. The van der Waals surface area contributed by atoms with Gasteiger partial charge in [-0.2, -0.15) is 0 Å². The number of ether oxygens (including phenoxy) is 1. The van der Waals surface area contributed by atoms with E-state index in [9.17, 15) is 0 Å². The number of aryl methyl sites for hydroxylation is 2. The minimum absolute atomic E-state index is 0.730. The third-order valence-corrected chi connectivity index (χ3v) is 2.97. The van der Waals surface area contributed by atoms with Crippen molar-refractivity contribution in [1.82, 2.24) is 5.32 Å². The summed E-state index contributed by atoms with van der Waals surface area (Å²) in [7, 11) is 0. The highest BCUT2D eigenvalue weighted by Gasteiger charge is 2.06. The highest BCUT2D eigenvalue weighted by Crippen LogP contribution is 2.23. The van der Waals surface area contributed by atoms with Crippen LogP contribution in [0, 0.1) is 13.8 Å². The number of nitrogens with one attached hydrogen (secondary N) is 1. The first kappa shape index (κ1) is 11.2. The van der Waals surface area contributed by atoms with E-state index in [-0.39, 0.29) is 0 Å². The Bertz CT molecular complexity index is 375. The lowest BCUT2D eigenvalue weighted by Gasteiger charge is -2.16. The zero-order valence-corrected chi connectivity index (χ0v) is 10.0. The Morgan fingerprint density at radius 3 is 2.62 bits per heavy atom. The summed E-state index contributed by atoms with van der Waals surface area (Å²) in [6.45, 7) is 6.97. The molecule has 2 heteroatoms. The molecular weight excluding hydrogens is 198 g/mol. The Balaban J connectivity index is 2.01. The summed E-state index contributed by atoms with van der Waals surface area (Å²) in [5.74, 6) is 1.04. The Kier molecular flexibility index (Phi) is 3.62. The van der Waals surface area contributed by atoms with Crippen LogP contribution in [-0.4, -0.2) is 19.7 Å². The van der Waals surface area contributed by atoms with Crippen LogP contribution >= 0.6 is 0 Å². The summed E-state index contributed by atoms with van der Waals surface area (Å²) >= 11 is 0. The molecule has 0 radical (unpaired) electrons. The van der Waals surface area contributed by atoms with Gasteiger partial charge in [-0.25, -0.2) is 0 Å². The van der Waals surface area contributed by atoms with Crippen molar-refractivity contribution in [1.29, 1.82) is 0 Å². The average molecular weight is 217 g/mol. The second-order valence-electron chi connectivity index (χ2n) is 4.33. The van der Waals surface area contributed by atoms with E-state index in [1.807, 2.05) is 0 Å². The summed E-state index contributed by atoms with van der Waals surface area (Å²) in [6.07, 6.45) is 3.34. The molecule has 0 saturated heterocycles. The maximum Gasteiger partial charge on any atom is 0.125 e. The quantitative estimate of drug-likeness (QED) is 0.786. The van der Waals surface area contributed by atoms with Crippen molar-refractivity contribution in [2.45, 2.75) is 20.3 Å². The second-order valence-corrected chi connectivity index (χ2v) is 4.33. The van der Waals surface area contributed by atoms with Crippen molar-refractivity contribution in [3.63, 3.8) is 0 Å². The van der Waals surface area contributed by atoms with Gasteiger partial charge in [-0.05, 0) is 43.5 Å². The van der Waals surface area contributed by atoms with Crippen LogP contribution in [-0.2, 0) is 0 Å². The van der Waals surface area contributed by atoms with Crippen molar-refractivity contribution in [2.24, 2.45) is 0 Å². The van der Waals surface area contributed by atoms with Gasteiger partial charge in [-0.3, -0.25) is 0 Å². The number of para-hydroxylation sites is 1. The molecule has 86 valence electrons. The molecule has 2 rings (SSSR count). The summed E-state index contributed by atoms with van der Waals surface area (Å²) in [6, 6.07) is 6.26. The second kappa shape index (κ2) is 5.17. The fourth-order valence-electron chi connectivity index (χ4n) is 1.99. The lowest BCUT2D eigenvalue weighted by Crippen LogP contribution is -2.22. The Labute approximate surface area is 97.3 Å². The lowest BCUT2D eigenvalue weighted by atomic mass is 10.1. The standard InChI is InChI=1S/C14H19NO/c1-11-4-3-5-12(2)14(11)16-10-13-6-8-15-9-7-13/h3-6,15H,7-10H2,1-2H3. The number of hydrogen-bond acceptors (Lipinski definition) is 2. The summed E-state index contributed by atoms with van der Waals surface area (Å²) < 4.78 is 5.91. The van der Waals surface area contributed by atoms with Gasteiger partial charge in [-0.15, -0.1) is 0 Å². The van der Waals surface area contributed by atoms with Gasteiger partial charge in [0.25, 0.3) is 0 Å². The summed E-state index contributed by atoms with van der Waals surface area (Å²) in [5.41, 5.74) is 3.84. The van der Waals surface area contributed by atoms with Gasteiger partial charge in [0.15, 0.2) is 0 Å². The van der Waals surface area contributed by atoms with E-state index < -0.39 is 0 Å². The normalized spacial score (nSPS) is 15.8. The SMILES string of the molecule is Cc1cccc(C)c1OCC1=CCNCC1. The number of hydrogen-bond donors (Lipinski definition) is 1. The first-order chi connectivity index (χ1) is 7.77. The highest BCUT2D eigenvalue weighted by molar-refractivity contribution is 5.40. The van der Waals surface area contributed by atoms with E-state index in [1.165, 1.54) is 16.7 Å². The molecule has 0 amide bonds. The monoisotopic (exact) mass is 217 g/mol. The lowest BCUT2D eigenvalue weighted by molar-refractivity contribution is 0.340. The molecule has 0 atom stereocenters. The van der Waals surface area contributed by atoms with Crippen LogP contribution < -0.4 is 10.1 Å². The summed E-state index contributed by atoms with van der Waals surface area (Å²) in [5, 5.41) is 3.30. The maximum atomic E-state index is 5.91. The van der Waals surface area contributed by atoms with E-state index >= 15 is 0 Å². The van der Waals surface area contributed by atoms with Crippen LogP contribution in [0.1, 0.15) is 17.5 Å². The van der Waals surface area contributed by atoms with Gasteiger partial charge in [0.2, 0.25) is 0 Å². The molecule has 0 aromatic heterocycles. The fraction of sp³-hybridized carbons (Fsp3) is 0.429. The van der Waals surface area contributed by atoms with Crippen LogP contribution in [0.3, 0.4) is 0 Å². The smallest absolute Gasteiger partial charge is 0.125 e. The van der Waals surface area contributed by atoms with E-state index in [1.54, 1.807) is 0 Å². The largest absolute Gasteiger partial charge is 0.489 e. The molecule has 1 N–H and O–H groups in total. The van der Waals surface area contributed by atoms with Gasteiger partial charge in [0.05, 0.1) is 0 Å². The van der Waals surface area contributed by atoms with Crippen LogP contribution in [0.2, 0.25) is 0 Å². The molecule has 0 saturated carbocycles. The first-order valence-corrected chi connectivity index (χ1v) is 5.85. The van der Waals surface area contributed by atoms with Crippen LogP contribution in [0.5, 0.6) is 5.75 Å². The molecule has 1 aliphatic rings. The van der Waals surface area contributed by atoms with Crippen molar-refractivity contribution >= 4 is 0 Å². The van der Waals surface area contributed by atoms with Gasteiger partial charge in [0.1, 0.15) is 12.4 Å². The maximum absolute atomic E-state index is 5.91. The topological polar surface area (TPSA) is 21.3 Å². The first-order valence-electron chi connectivity index (χ1n) is 5.85. The fourth-order valence-corrected chi connectivity index (χ4v) is 1.99. The van der Waals surface area contributed by atoms with E-state index in [0.717, 1.165) is 31.9 Å². The van der Waals surface area contributed by atoms with Gasteiger partial charge in [0, 0.05) is 6.54 Å². The predicted octanol–water partition coefficient (Wildman–Crippen LogP) is 2.60. The number of rotatable bonds is 3. The molecule has 2 nitrogen and oxygen atoms in total. The van der Waals surface area contributed by atoms with E-state index in [2.05, 4.69) is 43.4 Å². The molecule has 1 aromatic carbocycles. The molecule has 0 aliphatic carbocycles. The molecule has 0 bridgehead atoms. The Morgan fingerprint density at radius 1 is 1.25 bits per heavy atom. The Hall–Kier alpha value is -1.28. The molecule has 16 heavy (non-hydrogen) atoms. The van der Waals surface area contributed by atoms with Crippen molar-refractivity contribution < 1.29 is 4.74 Å². The minimum Gasteiger partial charge on any atom is -0.489 e. The Morgan fingerprint density at radius 2 is 2.00 bits per heavy atom. The van der Waals surface area contributed by atoms with Gasteiger partial charge < -0.3 is 10.1 Å². The van der Waals surface area contributed by atoms with E-state index in [0.29, 0.717) is 0 Å². The average Bonchev–Trinajstić information content (AvgIpc) is 2.30. The molecular formula is C14H19NO. The molecule has 1 heterocycles. The third kappa shape index (κ3) is 2.64. The van der Waals surface area contributed by atoms with Gasteiger partial charge in [-0.1, -0.05) is 24.3 Å².